The van der Waals surface area contributed by atoms with E-state index in [9.17, 15) is 4.79 Å². The van der Waals surface area contributed by atoms with Gasteiger partial charge in [-0.05, 0) is 0 Å². The third-order valence-electron chi connectivity index (χ3n) is 1.74. The molecule has 0 aliphatic heterocycles. The maximum absolute atomic E-state index is 11.3. The second-order valence-electron chi connectivity index (χ2n) is 2.88. The quantitative estimate of drug-likeness (QED) is 0.681. The molecule has 0 amide bonds. The molecule has 1 rings (SSSR count). The number of hydrogen-bond donors (Lipinski definition) is 2. The molecule has 0 fully saturated rings. The van der Waals surface area contributed by atoms with E-state index < -0.39 is 0 Å². The number of aromatic amines is 1. The highest BCUT2D eigenvalue weighted by atomic mass is 32.1. The van der Waals surface area contributed by atoms with Crippen molar-refractivity contribution in [1.82, 2.24) is 9.97 Å². The molecule has 0 aliphatic rings. The van der Waals surface area contributed by atoms with Gasteiger partial charge in [-0.1, -0.05) is 12.2 Å². The summed E-state index contributed by atoms with van der Waals surface area (Å²) in [5.41, 5.74) is 5.15. The van der Waals surface area contributed by atoms with Crippen LogP contribution in [0.25, 0.3) is 0 Å². The molecule has 0 saturated carbocycles. The number of nitrogens with one attached hydrogen (secondary N) is 1. The molecule has 76 valence electrons. The van der Waals surface area contributed by atoms with Gasteiger partial charge in [0.25, 0.3) is 5.56 Å². The average Bonchev–Trinajstić information content (AvgIpc) is 2.15. The Balaban J connectivity index is 2.70. The highest BCUT2D eigenvalue weighted by Gasteiger charge is 2.06. The minimum atomic E-state index is -0.210. The van der Waals surface area contributed by atoms with Crippen molar-refractivity contribution in [1.29, 1.82) is 0 Å². The monoisotopic (exact) mass is 212 g/mol. The molecule has 0 radical (unpaired) electrons. The minimum Gasteiger partial charge on any atom is -0.393 e. The Kier molecular flexibility index (Phi) is 3.58. The summed E-state index contributed by atoms with van der Waals surface area (Å²) in [5.74, 6) is 0.378. The maximum atomic E-state index is 11.3. The second kappa shape index (κ2) is 4.71. The molecule has 0 unspecified atom stereocenters. The van der Waals surface area contributed by atoms with Crippen LogP contribution in [0.3, 0.4) is 0 Å². The van der Waals surface area contributed by atoms with Crippen LogP contribution in [0.4, 0.5) is 5.82 Å². The van der Waals surface area contributed by atoms with E-state index in [1.807, 2.05) is 0 Å². The number of anilines is 1. The normalized spacial score (nSPS) is 9.79. The molecular weight excluding hydrogens is 200 g/mol. The summed E-state index contributed by atoms with van der Waals surface area (Å²) in [5, 5.41) is 0. The number of aromatic nitrogens is 2. The molecule has 0 saturated heterocycles. The summed E-state index contributed by atoms with van der Waals surface area (Å²) >= 11 is 4.74. The summed E-state index contributed by atoms with van der Waals surface area (Å²) in [6, 6.07) is 0. The van der Waals surface area contributed by atoms with Crippen LogP contribution in [-0.2, 0) is 0 Å². The predicted octanol–water partition coefficient (Wildman–Crippen LogP) is -0.118. The van der Waals surface area contributed by atoms with Gasteiger partial charge in [0, 0.05) is 32.4 Å². The van der Waals surface area contributed by atoms with Crippen molar-refractivity contribution in [2.75, 3.05) is 18.5 Å². The van der Waals surface area contributed by atoms with Gasteiger partial charge >= 0.3 is 0 Å². The first-order chi connectivity index (χ1) is 6.61. The van der Waals surface area contributed by atoms with Crippen LogP contribution in [0.5, 0.6) is 0 Å². The minimum absolute atomic E-state index is 0.210. The Bertz CT molecular complexity index is 376. The van der Waals surface area contributed by atoms with Crippen molar-refractivity contribution in [3.05, 3.63) is 22.7 Å². The fraction of sp³-hybridized carbons (Fsp3) is 0.375. The lowest BCUT2D eigenvalue weighted by Crippen LogP contribution is -2.29. The number of nitrogens with two attached hydrogens (primary N) is 1. The van der Waals surface area contributed by atoms with Gasteiger partial charge in [0.05, 0.1) is 4.99 Å². The highest BCUT2D eigenvalue weighted by molar-refractivity contribution is 7.80. The molecular formula is C8H12N4OS. The smallest absolute Gasteiger partial charge is 0.290 e. The summed E-state index contributed by atoms with van der Waals surface area (Å²) in [6.45, 7) is 0.593. The standard InChI is InChI=1S/C8H12N4OS/c1-12(5-2-6(9)14)7-8(13)11-4-3-10-7/h3-4H,2,5H2,1H3,(H2,9,14)(H,11,13). The zero-order chi connectivity index (χ0) is 10.6. The molecule has 1 heterocycles. The van der Waals surface area contributed by atoms with E-state index in [0.29, 0.717) is 23.8 Å². The second-order valence-corrected chi connectivity index (χ2v) is 3.40. The average molecular weight is 212 g/mol. The fourth-order valence-corrected chi connectivity index (χ4v) is 1.09. The molecule has 0 aromatic carbocycles. The van der Waals surface area contributed by atoms with Gasteiger partial charge in [0.2, 0.25) is 0 Å². The summed E-state index contributed by atoms with van der Waals surface area (Å²) < 4.78 is 0. The Morgan fingerprint density at radius 1 is 1.79 bits per heavy atom. The summed E-state index contributed by atoms with van der Waals surface area (Å²) in [6.07, 6.45) is 3.60. The molecule has 0 aliphatic carbocycles. The summed E-state index contributed by atoms with van der Waals surface area (Å²) in [4.78, 5) is 19.9. The molecule has 5 nitrogen and oxygen atoms in total. The maximum Gasteiger partial charge on any atom is 0.290 e. The first kappa shape index (κ1) is 10.6. The number of H-pyrrole nitrogens is 1. The Morgan fingerprint density at radius 3 is 3.07 bits per heavy atom. The van der Waals surface area contributed by atoms with Crippen molar-refractivity contribution in [3.63, 3.8) is 0 Å². The van der Waals surface area contributed by atoms with Gasteiger partial charge in [0.15, 0.2) is 5.82 Å². The van der Waals surface area contributed by atoms with E-state index in [1.165, 1.54) is 12.4 Å². The van der Waals surface area contributed by atoms with E-state index in [1.54, 1.807) is 11.9 Å². The number of rotatable bonds is 4. The molecule has 0 spiro atoms. The zero-order valence-electron chi connectivity index (χ0n) is 7.86. The van der Waals surface area contributed by atoms with E-state index in [-0.39, 0.29) is 5.56 Å². The molecule has 14 heavy (non-hydrogen) atoms. The first-order valence-electron chi connectivity index (χ1n) is 4.14. The number of thiocarbonyl (C=S) groups is 1. The molecule has 0 atom stereocenters. The first-order valence-corrected chi connectivity index (χ1v) is 4.55. The van der Waals surface area contributed by atoms with Crippen LogP contribution in [-0.4, -0.2) is 28.5 Å². The Hall–Kier alpha value is -1.43. The SMILES string of the molecule is CN(CCC(N)=S)c1ncc[nH]c1=O. The van der Waals surface area contributed by atoms with E-state index in [4.69, 9.17) is 18.0 Å². The van der Waals surface area contributed by atoms with E-state index in [0.717, 1.165) is 0 Å². The van der Waals surface area contributed by atoms with Gasteiger partial charge in [-0.15, -0.1) is 0 Å². The van der Waals surface area contributed by atoms with Gasteiger partial charge in [-0.2, -0.15) is 0 Å². The van der Waals surface area contributed by atoms with Gasteiger partial charge in [-0.3, -0.25) is 4.79 Å². The van der Waals surface area contributed by atoms with Crippen LogP contribution in [0.2, 0.25) is 0 Å². The predicted molar refractivity (Wildman–Crippen MR) is 59.5 cm³/mol. The van der Waals surface area contributed by atoms with Crippen molar-refractivity contribution < 1.29 is 0 Å². The topological polar surface area (TPSA) is 75.0 Å². The number of hydrogen-bond acceptors (Lipinski definition) is 4. The highest BCUT2D eigenvalue weighted by Crippen LogP contribution is 1.99. The lowest BCUT2D eigenvalue weighted by molar-refractivity contribution is 0.881. The van der Waals surface area contributed by atoms with Gasteiger partial charge in [0.1, 0.15) is 0 Å². The molecule has 6 heteroatoms. The molecule has 3 N–H and O–H groups in total. The van der Waals surface area contributed by atoms with Crippen LogP contribution in [0.15, 0.2) is 17.2 Å². The fourth-order valence-electron chi connectivity index (χ4n) is 1.000. The van der Waals surface area contributed by atoms with Crippen LogP contribution in [0, 0.1) is 0 Å². The third-order valence-corrected chi connectivity index (χ3v) is 1.95. The van der Waals surface area contributed by atoms with Gasteiger partial charge < -0.3 is 15.6 Å². The van der Waals surface area contributed by atoms with Crippen LogP contribution >= 0.6 is 12.2 Å². The van der Waals surface area contributed by atoms with Crippen molar-refractivity contribution in [2.24, 2.45) is 5.73 Å². The molecule has 1 aromatic heterocycles. The molecule has 0 bridgehead atoms. The third kappa shape index (κ3) is 2.81. The van der Waals surface area contributed by atoms with Crippen molar-refractivity contribution >= 4 is 23.0 Å². The number of nitrogens with zero attached hydrogens (tertiary/aromatic N) is 2. The zero-order valence-corrected chi connectivity index (χ0v) is 8.67. The lowest BCUT2D eigenvalue weighted by Gasteiger charge is -2.15. The van der Waals surface area contributed by atoms with Crippen molar-refractivity contribution in [3.8, 4) is 0 Å². The van der Waals surface area contributed by atoms with Crippen molar-refractivity contribution in [2.45, 2.75) is 6.42 Å². The van der Waals surface area contributed by atoms with E-state index >= 15 is 0 Å². The van der Waals surface area contributed by atoms with Crippen LogP contribution in [0.1, 0.15) is 6.42 Å². The van der Waals surface area contributed by atoms with Gasteiger partial charge in [-0.25, -0.2) is 4.98 Å². The Morgan fingerprint density at radius 2 is 2.50 bits per heavy atom. The molecule has 1 aromatic rings. The largest absolute Gasteiger partial charge is 0.393 e. The van der Waals surface area contributed by atoms with E-state index in [2.05, 4.69) is 9.97 Å². The summed E-state index contributed by atoms with van der Waals surface area (Å²) in [7, 11) is 1.77. The van der Waals surface area contributed by atoms with Crippen LogP contribution < -0.4 is 16.2 Å². The lowest BCUT2D eigenvalue weighted by atomic mass is 10.4. The Labute approximate surface area is 87.0 Å².